The summed E-state index contributed by atoms with van der Waals surface area (Å²) < 4.78 is 0. The van der Waals surface area contributed by atoms with Crippen LogP contribution < -0.4 is 0 Å². The zero-order valence-electron chi connectivity index (χ0n) is 15.8. The van der Waals surface area contributed by atoms with Crippen molar-refractivity contribution in [1.29, 1.82) is 0 Å². The first-order valence-electron chi connectivity index (χ1n) is 9.58. The van der Waals surface area contributed by atoms with Gasteiger partial charge in [-0.25, -0.2) is 4.98 Å². The molecule has 0 bridgehead atoms. The molecule has 1 saturated heterocycles. The quantitative estimate of drug-likeness (QED) is 0.555. The molecule has 0 unspecified atom stereocenters. The van der Waals surface area contributed by atoms with E-state index < -0.39 is 0 Å². The first-order valence-corrected chi connectivity index (χ1v) is 10.3. The summed E-state index contributed by atoms with van der Waals surface area (Å²) in [6.45, 7) is 2.82. The summed E-state index contributed by atoms with van der Waals surface area (Å²) in [5, 5.41) is 0.979. The predicted octanol–water partition coefficient (Wildman–Crippen LogP) is 4.94. The number of rotatable bonds is 4. The van der Waals surface area contributed by atoms with Crippen molar-refractivity contribution in [3.8, 4) is 0 Å². The minimum absolute atomic E-state index is 0.0643. The number of amides is 1. The van der Waals surface area contributed by atoms with Crippen LogP contribution in [0, 0.1) is 0 Å². The number of hydrogen-bond donors (Lipinski definition) is 0. The smallest absolute Gasteiger partial charge is 0.257 e. The van der Waals surface area contributed by atoms with Crippen molar-refractivity contribution in [1.82, 2.24) is 14.8 Å². The van der Waals surface area contributed by atoms with Crippen LogP contribution in [0.2, 0.25) is 10.2 Å². The van der Waals surface area contributed by atoms with Gasteiger partial charge in [0.25, 0.3) is 5.91 Å². The Morgan fingerprint density at radius 2 is 1.48 bits per heavy atom. The minimum atomic E-state index is -0.0643. The third kappa shape index (κ3) is 4.45. The van der Waals surface area contributed by atoms with Gasteiger partial charge in [-0.1, -0.05) is 65.7 Å². The second-order valence-electron chi connectivity index (χ2n) is 7.03. The van der Waals surface area contributed by atoms with E-state index in [4.69, 9.17) is 23.2 Å². The Labute approximate surface area is 180 Å². The van der Waals surface area contributed by atoms with Crippen LogP contribution in [0.5, 0.6) is 0 Å². The molecule has 2 heterocycles. The van der Waals surface area contributed by atoms with Gasteiger partial charge in [0.2, 0.25) is 0 Å². The van der Waals surface area contributed by atoms with Gasteiger partial charge in [0, 0.05) is 37.4 Å². The first-order chi connectivity index (χ1) is 14.1. The predicted molar refractivity (Wildman–Crippen MR) is 116 cm³/mol. The molecule has 3 aromatic rings. The van der Waals surface area contributed by atoms with E-state index >= 15 is 0 Å². The fraction of sp³-hybridized carbons (Fsp3) is 0.217. The molecule has 1 aromatic heterocycles. The molecular formula is C23H21Cl2N3O. The van der Waals surface area contributed by atoms with Crippen LogP contribution in [-0.2, 0) is 0 Å². The summed E-state index contributed by atoms with van der Waals surface area (Å²) in [5.41, 5.74) is 2.88. The van der Waals surface area contributed by atoms with Crippen molar-refractivity contribution in [2.45, 2.75) is 6.04 Å². The molecular weight excluding hydrogens is 405 g/mol. The lowest BCUT2D eigenvalue weighted by Gasteiger charge is -2.39. The number of piperazine rings is 1. The highest BCUT2D eigenvalue weighted by atomic mass is 35.5. The van der Waals surface area contributed by atoms with Gasteiger partial charge in [0.05, 0.1) is 11.6 Å². The average molecular weight is 426 g/mol. The van der Waals surface area contributed by atoms with Gasteiger partial charge in [-0.15, -0.1) is 0 Å². The molecule has 0 radical (unpaired) electrons. The maximum absolute atomic E-state index is 12.8. The topological polar surface area (TPSA) is 36.4 Å². The summed E-state index contributed by atoms with van der Waals surface area (Å²) in [7, 11) is 0. The molecule has 1 aliphatic heterocycles. The summed E-state index contributed by atoms with van der Waals surface area (Å²) in [6, 6.07) is 22.0. The highest BCUT2D eigenvalue weighted by molar-refractivity contribution is 6.32. The Kier molecular flexibility index (Phi) is 6.14. The minimum Gasteiger partial charge on any atom is -0.336 e. The van der Waals surface area contributed by atoms with Gasteiger partial charge < -0.3 is 4.90 Å². The Balaban J connectivity index is 1.53. The van der Waals surface area contributed by atoms with E-state index in [1.165, 1.54) is 11.1 Å². The van der Waals surface area contributed by atoms with E-state index in [0.717, 1.165) is 18.1 Å². The van der Waals surface area contributed by atoms with Gasteiger partial charge >= 0.3 is 0 Å². The second-order valence-corrected chi connectivity index (χ2v) is 7.83. The molecule has 6 heteroatoms. The number of carbonyl (C=O) groups excluding carboxylic acids is 1. The SMILES string of the molecule is O=C(c1cccnc1Cl)N1CCN([C@@H](c2ccccc2)c2ccc(Cl)cc2)CC1. The van der Waals surface area contributed by atoms with Gasteiger partial charge in [-0.05, 0) is 35.4 Å². The van der Waals surface area contributed by atoms with Gasteiger partial charge in [-0.2, -0.15) is 0 Å². The number of benzene rings is 2. The molecule has 0 N–H and O–H groups in total. The molecule has 4 nitrogen and oxygen atoms in total. The number of aromatic nitrogens is 1. The lowest BCUT2D eigenvalue weighted by atomic mass is 9.96. The monoisotopic (exact) mass is 425 g/mol. The molecule has 29 heavy (non-hydrogen) atoms. The van der Waals surface area contributed by atoms with Gasteiger partial charge in [0.1, 0.15) is 5.15 Å². The number of halogens is 2. The van der Waals surface area contributed by atoms with Crippen molar-refractivity contribution >= 4 is 29.1 Å². The van der Waals surface area contributed by atoms with Crippen LogP contribution in [0.4, 0.5) is 0 Å². The molecule has 4 rings (SSSR count). The third-order valence-corrected chi connectivity index (χ3v) is 5.81. The van der Waals surface area contributed by atoms with Crippen LogP contribution in [0.3, 0.4) is 0 Å². The van der Waals surface area contributed by atoms with E-state index in [2.05, 4.69) is 46.3 Å². The lowest BCUT2D eigenvalue weighted by molar-refractivity contribution is 0.0597. The molecule has 0 aliphatic carbocycles. The third-order valence-electron chi connectivity index (χ3n) is 5.26. The van der Waals surface area contributed by atoms with Crippen molar-refractivity contribution in [2.75, 3.05) is 26.2 Å². The van der Waals surface area contributed by atoms with Crippen molar-refractivity contribution in [3.63, 3.8) is 0 Å². The molecule has 0 saturated carbocycles. The van der Waals surface area contributed by atoms with Crippen LogP contribution in [0.1, 0.15) is 27.5 Å². The number of carbonyl (C=O) groups is 1. The van der Waals surface area contributed by atoms with Crippen molar-refractivity contribution < 1.29 is 4.79 Å². The average Bonchev–Trinajstić information content (AvgIpc) is 2.76. The molecule has 1 amide bonds. The van der Waals surface area contributed by atoms with E-state index in [1.54, 1.807) is 18.3 Å². The van der Waals surface area contributed by atoms with Gasteiger partial charge in [0.15, 0.2) is 0 Å². The van der Waals surface area contributed by atoms with E-state index in [1.807, 2.05) is 23.1 Å². The molecule has 0 spiro atoms. The highest BCUT2D eigenvalue weighted by Gasteiger charge is 2.29. The number of pyridine rings is 1. The zero-order valence-corrected chi connectivity index (χ0v) is 17.4. The van der Waals surface area contributed by atoms with E-state index in [9.17, 15) is 4.79 Å². The Morgan fingerprint density at radius 3 is 2.14 bits per heavy atom. The van der Waals surface area contributed by atoms with Crippen LogP contribution in [0.15, 0.2) is 72.9 Å². The summed E-state index contributed by atoms with van der Waals surface area (Å²) in [5.74, 6) is -0.0643. The molecule has 1 atom stereocenters. The molecule has 1 aliphatic rings. The second kappa shape index (κ2) is 8.95. The van der Waals surface area contributed by atoms with Crippen LogP contribution in [0.25, 0.3) is 0 Å². The summed E-state index contributed by atoms with van der Waals surface area (Å²) >= 11 is 12.2. The van der Waals surface area contributed by atoms with Gasteiger partial charge in [-0.3, -0.25) is 9.69 Å². The highest BCUT2D eigenvalue weighted by Crippen LogP contribution is 2.30. The maximum atomic E-state index is 12.8. The molecule has 2 aromatic carbocycles. The summed E-state index contributed by atoms with van der Waals surface area (Å²) in [4.78, 5) is 21.1. The Hall–Kier alpha value is -2.40. The molecule has 1 fully saturated rings. The van der Waals surface area contributed by atoms with Crippen molar-refractivity contribution in [3.05, 3.63) is 99.8 Å². The first kappa shape index (κ1) is 19.9. The number of nitrogens with zero attached hydrogens (tertiary/aromatic N) is 3. The molecule has 148 valence electrons. The fourth-order valence-corrected chi connectivity index (χ4v) is 4.12. The van der Waals surface area contributed by atoms with E-state index in [0.29, 0.717) is 18.7 Å². The largest absolute Gasteiger partial charge is 0.336 e. The van der Waals surface area contributed by atoms with Crippen molar-refractivity contribution in [2.24, 2.45) is 0 Å². The van der Waals surface area contributed by atoms with Crippen LogP contribution >= 0.6 is 23.2 Å². The summed E-state index contributed by atoms with van der Waals surface area (Å²) in [6.07, 6.45) is 1.59. The number of hydrogen-bond acceptors (Lipinski definition) is 3. The lowest BCUT2D eigenvalue weighted by Crippen LogP contribution is -2.50. The standard InChI is InChI=1S/C23H21Cl2N3O/c24-19-10-8-18(9-11-19)21(17-5-2-1-3-6-17)27-13-15-28(16-14-27)23(29)20-7-4-12-26-22(20)25/h1-12,21H,13-16H2/t21-/m0/s1. The maximum Gasteiger partial charge on any atom is 0.257 e. The Morgan fingerprint density at radius 1 is 0.828 bits per heavy atom. The van der Waals surface area contributed by atoms with E-state index in [-0.39, 0.29) is 17.1 Å². The van der Waals surface area contributed by atoms with Crippen LogP contribution in [-0.4, -0.2) is 46.9 Å². The zero-order chi connectivity index (χ0) is 20.2. The fourth-order valence-electron chi connectivity index (χ4n) is 3.79. The Bertz CT molecular complexity index is 971. The normalized spacial score (nSPS) is 15.9.